The maximum atomic E-state index is 9.60. The molecule has 2 aliphatic heterocycles. The monoisotopic (exact) mass is 385 g/mol. The Labute approximate surface area is 167 Å². The lowest BCUT2D eigenvalue weighted by Gasteiger charge is -2.14. The van der Waals surface area contributed by atoms with Crippen LogP contribution in [0.2, 0.25) is 0 Å². The topological polar surface area (TPSA) is 70.0 Å². The smallest absolute Gasteiger partial charge is 0.293 e. The fourth-order valence-corrected chi connectivity index (χ4v) is 2.45. The first-order valence-electron chi connectivity index (χ1n) is 9.78. The summed E-state index contributed by atoms with van der Waals surface area (Å²) in [5, 5.41) is 15.7. The van der Waals surface area contributed by atoms with Gasteiger partial charge in [0.1, 0.15) is 11.4 Å². The molecule has 160 valence electrons. The highest BCUT2D eigenvalue weighted by molar-refractivity contribution is 5.37. The maximum Gasteiger partial charge on any atom is 0.293 e. The Morgan fingerprint density at radius 2 is 1.63 bits per heavy atom. The average molecular weight is 386 g/mol. The van der Waals surface area contributed by atoms with Crippen LogP contribution in [0.15, 0.2) is 36.6 Å². The Balaban J connectivity index is -0.000000293. The van der Waals surface area contributed by atoms with Crippen LogP contribution in [0.4, 0.5) is 0 Å². The van der Waals surface area contributed by atoms with Gasteiger partial charge in [0.05, 0.1) is 0 Å². The van der Waals surface area contributed by atoms with Crippen LogP contribution in [-0.4, -0.2) is 53.4 Å². The van der Waals surface area contributed by atoms with Crippen molar-refractivity contribution in [1.29, 1.82) is 0 Å². The molecule has 0 spiro atoms. The van der Waals surface area contributed by atoms with Crippen molar-refractivity contribution in [2.75, 3.05) is 20.2 Å². The summed E-state index contributed by atoms with van der Waals surface area (Å²) >= 11 is 0. The van der Waals surface area contributed by atoms with Crippen LogP contribution in [0, 0.1) is 0 Å². The summed E-state index contributed by atoms with van der Waals surface area (Å²) in [6.45, 7) is 18.0. The quantitative estimate of drug-likeness (QED) is 0.405. The minimum absolute atomic E-state index is 0.197. The highest BCUT2D eigenvalue weighted by Gasteiger charge is 2.27. The summed E-state index contributed by atoms with van der Waals surface area (Å²) in [5.41, 5.74) is -0.318. The zero-order chi connectivity index (χ0) is 21.7. The van der Waals surface area contributed by atoms with Gasteiger partial charge in [-0.05, 0) is 78.6 Å². The second-order valence-corrected chi connectivity index (χ2v) is 6.62. The van der Waals surface area contributed by atoms with Gasteiger partial charge in [0.2, 0.25) is 0 Å². The number of fused-ring (bicyclic) bond motifs is 1. The van der Waals surface area contributed by atoms with Crippen LogP contribution in [0.1, 0.15) is 67.2 Å². The first-order valence-corrected chi connectivity index (χ1v) is 9.78. The van der Waals surface area contributed by atoms with E-state index in [0.717, 1.165) is 13.2 Å². The molecular formula is C22H43NO4. The standard InChI is InChI=1S/C7H13N.C7H10O.C5H10O2.C2H6.CH4O/c1-3-7-4-2-6-8(7)5-1;1-3-5-6-7(8)4-2;1-5(2,3)7-4-6;2*1-2/h7H,1-6H2;3-6,8H,2H2,1H3;4H,1-3H3;1-2H3;2H,1H3/b;5-3-,7-6+;;;. The lowest BCUT2D eigenvalue weighted by atomic mass is 10.2. The van der Waals surface area contributed by atoms with Gasteiger partial charge in [-0.2, -0.15) is 0 Å². The van der Waals surface area contributed by atoms with E-state index < -0.39 is 0 Å². The van der Waals surface area contributed by atoms with Crippen molar-refractivity contribution >= 4 is 6.47 Å². The van der Waals surface area contributed by atoms with Crippen LogP contribution >= 0.6 is 0 Å². The predicted octanol–water partition coefficient (Wildman–Crippen LogP) is 5.03. The number of nitrogens with zero attached hydrogens (tertiary/aromatic N) is 1. The Bertz CT molecular complexity index is 378. The second-order valence-electron chi connectivity index (χ2n) is 6.62. The van der Waals surface area contributed by atoms with Crippen molar-refractivity contribution in [2.24, 2.45) is 0 Å². The number of aliphatic hydroxyl groups is 2. The van der Waals surface area contributed by atoms with Crippen LogP contribution in [-0.2, 0) is 9.53 Å². The van der Waals surface area contributed by atoms with Crippen LogP contribution in [0.25, 0.3) is 0 Å². The Hall–Kier alpha value is -1.59. The molecule has 0 bridgehead atoms. The summed E-state index contributed by atoms with van der Waals surface area (Å²) in [6, 6.07) is 1.01. The van der Waals surface area contributed by atoms with Gasteiger partial charge in [0, 0.05) is 13.2 Å². The van der Waals surface area contributed by atoms with Crippen molar-refractivity contribution in [3.63, 3.8) is 0 Å². The van der Waals surface area contributed by atoms with Crippen LogP contribution in [0.3, 0.4) is 0 Å². The molecule has 2 rings (SSSR count). The van der Waals surface area contributed by atoms with E-state index in [1.165, 1.54) is 44.8 Å². The third-order valence-electron chi connectivity index (χ3n) is 3.55. The van der Waals surface area contributed by atoms with Crippen molar-refractivity contribution in [3.05, 3.63) is 36.6 Å². The molecule has 5 heteroatoms. The molecule has 0 unspecified atom stereocenters. The van der Waals surface area contributed by atoms with E-state index in [9.17, 15) is 4.79 Å². The van der Waals surface area contributed by atoms with Crippen LogP contribution in [0.5, 0.6) is 0 Å². The molecular weight excluding hydrogens is 342 g/mol. The summed E-state index contributed by atoms with van der Waals surface area (Å²) < 4.78 is 4.55. The fourth-order valence-electron chi connectivity index (χ4n) is 2.45. The molecule has 0 aromatic heterocycles. The van der Waals surface area contributed by atoms with E-state index in [0.29, 0.717) is 6.47 Å². The molecule has 2 heterocycles. The molecule has 2 aliphatic rings. The number of carbonyl (C=O) groups excluding carboxylic acids is 1. The number of ether oxygens (including phenoxy) is 1. The average Bonchev–Trinajstić information content (AvgIpc) is 3.28. The van der Waals surface area contributed by atoms with E-state index in [4.69, 9.17) is 10.2 Å². The van der Waals surface area contributed by atoms with Gasteiger partial charge in [-0.25, -0.2) is 0 Å². The van der Waals surface area contributed by atoms with Gasteiger partial charge in [-0.3, -0.25) is 4.79 Å². The minimum Gasteiger partial charge on any atom is -0.508 e. The number of allylic oxidation sites excluding steroid dienone is 4. The Kier molecular flexibility index (Phi) is 23.1. The van der Waals surface area contributed by atoms with E-state index in [1.807, 2.05) is 47.6 Å². The molecule has 2 saturated heterocycles. The molecule has 0 aromatic rings. The van der Waals surface area contributed by atoms with Crippen molar-refractivity contribution in [2.45, 2.75) is 78.9 Å². The summed E-state index contributed by atoms with van der Waals surface area (Å²) in [4.78, 5) is 12.2. The number of carbonyl (C=O) groups is 1. The third kappa shape index (κ3) is 20.6. The molecule has 0 saturated carbocycles. The zero-order valence-electron chi connectivity index (χ0n) is 18.6. The number of aliphatic hydroxyl groups excluding tert-OH is 2. The molecule has 0 aliphatic carbocycles. The van der Waals surface area contributed by atoms with Gasteiger partial charge in [-0.15, -0.1) is 0 Å². The summed E-state index contributed by atoms with van der Waals surface area (Å²) in [6.07, 6.45) is 12.4. The highest BCUT2D eigenvalue weighted by atomic mass is 16.5. The summed E-state index contributed by atoms with van der Waals surface area (Å²) in [7, 11) is 1.00. The molecule has 0 aromatic carbocycles. The Morgan fingerprint density at radius 1 is 1.15 bits per heavy atom. The molecule has 0 radical (unpaired) electrons. The van der Waals surface area contributed by atoms with Crippen molar-refractivity contribution in [3.8, 4) is 0 Å². The SMILES string of the molecule is C1CC2CCCN2C1.C=C/C(O)=C\C=C/C.CC.CC(C)(C)OC=O.CO. The minimum atomic E-state index is -0.318. The fraction of sp³-hybridized carbons (Fsp3) is 0.682. The van der Waals surface area contributed by atoms with Gasteiger partial charge in [0.15, 0.2) is 0 Å². The molecule has 5 nitrogen and oxygen atoms in total. The first-order chi connectivity index (χ1) is 12.8. The molecule has 2 fully saturated rings. The van der Waals surface area contributed by atoms with Gasteiger partial charge < -0.3 is 19.8 Å². The van der Waals surface area contributed by atoms with Crippen LogP contribution < -0.4 is 0 Å². The maximum absolute atomic E-state index is 9.60. The predicted molar refractivity (Wildman–Crippen MR) is 116 cm³/mol. The first kappa shape index (κ1) is 30.1. The lowest BCUT2D eigenvalue weighted by Crippen LogP contribution is -2.21. The highest BCUT2D eigenvalue weighted by Crippen LogP contribution is 2.26. The number of rotatable bonds is 3. The van der Waals surface area contributed by atoms with Gasteiger partial charge >= 0.3 is 0 Å². The zero-order valence-corrected chi connectivity index (χ0v) is 18.6. The van der Waals surface area contributed by atoms with Crippen molar-refractivity contribution in [1.82, 2.24) is 4.90 Å². The van der Waals surface area contributed by atoms with Gasteiger partial charge in [-0.1, -0.05) is 32.6 Å². The Morgan fingerprint density at radius 3 is 1.89 bits per heavy atom. The van der Waals surface area contributed by atoms with Crippen molar-refractivity contribution < 1.29 is 19.7 Å². The largest absolute Gasteiger partial charge is 0.508 e. The lowest BCUT2D eigenvalue weighted by molar-refractivity contribution is -0.138. The van der Waals surface area contributed by atoms with Gasteiger partial charge in [0.25, 0.3) is 6.47 Å². The number of hydrogen-bond acceptors (Lipinski definition) is 5. The molecule has 27 heavy (non-hydrogen) atoms. The number of hydrogen-bond donors (Lipinski definition) is 2. The second kappa shape index (κ2) is 20.7. The normalized spacial score (nSPS) is 16.2. The van der Waals surface area contributed by atoms with E-state index in [-0.39, 0.29) is 11.4 Å². The molecule has 0 amide bonds. The molecule has 0 atom stereocenters. The summed E-state index contributed by atoms with van der Waals surface area (Å²) in [5.74, 6) is 0.197. The molecule has 2 N–H and O–H groups in total. The van der Waals surface area contributed by atoms with E-state index in [1.54, 1.807) is 12.2 Å². The van der Waals surface area contributed by atoms with E-state index >= 15 is 0 Å². The van der Waals surface area contributed by atoms with E-state index in [2.05, 4.69) is 16.2 Å². The third-order valence-corrected chi connectivity index (χ3v) is 3.55.